The van der Waals surface area contributed by atoms with Gasteiger partial charge in [0.25, 0.3) is 0 Å². The minimum atomic E-state index is -3.28. The number of anilines is 1. The summed E-state index contributed by atoms with van der Waals surface area (Å²) in [5, 5.41) is 3.64. The Labute approximate surface area is 103 Å². The van der Waals surface area contributed by atoms with Crippen molar-refractivity contribution in [2.45, 2.75) is 25.6 Å². The van der Waals surface area contributed by atoms with Gasteiger partial charge in [-0.2, -0.15) is 5.10 Å². The molecule has 0 amide bonds. The van der Waals surface area contributed by atoms with Crippen LogP contribution in [0, 0.1) is 0 Å². The van der Waals surface area contributed by atoms with Crippen LogP contribution in [0.4, 0.5) is 5.69 Å². The molecule has 0 aromatic carbocycles. The highest BCUT2D eigenvalue weighted by molar-refractivity contribution is 7.93. The summed E-state index contributed by atoms with van der Waals surface area (Å²) in [4.78, 5) is 2.04. The molecule has 7 heteroatoms. The van der Waals surface area contributed by atoms with E-state index in [4.69, 9.17) is 0 Å². The topological polar surface area (TPSA) is 67.2 Å². The van der Waals surface area contributed by atoms with E-state index in [1.54, 1.807) is 24.7 Å². The number of rotatable bonds is 6. The lowest BCUT2D eigenvalue weighted by molar-refractivity contribution is 0.373. The minimum Gasteiger partial charge on any atom is -0.308 e. The third kappa shape index (κ3) is 4.35. The smallest absolute Gasteiger partial charge is 0.235 e. The van der Waals surface area contributed by atoms with E-state index in [0.29, 0.717) is 5.69 Å². The normalized spacial score (nSPS) is 12.4. The van der Waals surface area contributed by atoms with Crippen molar-refractivity contribution in [3.05, 3.63) is 12.4 Å². The summed E-state index contributed by atoms with van der Waals surface area (Å²) >= 11 is 0. The van der Waals surface area contributed by atoms with E-state index in [2.05, 4.69) is 9.82 Å². The van der Waals surface area contributed by atoms with Crippen molar-refractivity contribution >= 4 is 15.7 Å². The largest absolute Gasteiger partial charge is 0.308 e. The average Bonchev–Trinajstić information content (AvgIpc) is 2.61. The Morgan fingerprint density at radius 3 is 2.65 bits per heavy atom. The molecule has 1 aromatic rings. The van der Waals surface area contributed by atoms with Crippen molar-refractivity contribution < 1.29 is 8.42 Å². The molecule has 0 spiro atoms. The Morgan fingerprint density at radius 1 is 1.47 bits per heavy atom. The van der Waals surface area contributed by atoms with E-state index in [1.807, 2.05) is 19.0 Å². The van der Waals surface area contributed by atoms with Crippen LogP contribution in [0.3, 0.4) is 0 Å². The first-order valence-electron chi connectivity index (χ1n) is 5.50. The van der Waals surface area contributed by atoms with Gasteiger partial charge in [0.1, 0.15) is 0 Å². The van der Waals surface area contributed by atoms with E-state index in [-0.39, 0.29) is 0 Å². The third-order valence-electron chi connectivity index (χ3n) is 2.29. The molecule has 0 bridgehead atoms. The summed E-state index contributed by atoms with van der Waals surface area (Å²) in [7, 11) is 0.673. The number of sulfonamides is 1. The fraction of sp³-hybridized carbons (Fsp3) is 0.700. The molecule has 0 atom stereocenters. The highest BCUT2D eigenvalue weighted by atomic mass is 32.2. The van der Waals surface area contributed by atoms with Crippen LogP contribution in [0.15, 0.2) is 12.4 Å². The van der Waals surface area contributed by atoms with Crippen LogP contribution in [-0.2, 0) is 16.6 Å². The van der Waals surface area contributed by atoms with Gasteiger partial charge in [-0.25, -0.2) is 8.42 Å². The van der Waals surface area contributed by atoms with Crippen LogP contribution < -0.4 is 4.72 Å². The first-order valence-corrected chi connectivity index (χ1v) is 7.04. The predicted molar refractivity (Wildman–Crippen MR) is 68.5 cm³/mol. The molecule has 0 aliphatic rings. The molecule has 1 N–H and O–H groups in total. The van der Waals surface area contributed by atoms with Gasteiger partial charge in [0.05, 0.1) is 23.7 Å². The van der Waals surface area contributed by atoms with Crippen LogP contribution >= 0.6 is 0 Å². The Morgan fingerprint density at radius 2 is 2.12 bits per heavy atom. The first kappa shape index (κ1) is 14.0. The maximum absolute atomic E-state index is 11.6. The molecule has 0 aliphatic heterocycles. The maximum atomic E-state index is 11.6. The van der Waals surface area contributed by atoms with E-state index >= 15 is 0 Å². The molecule has 0 unspecified atom stereocenters. The highest BCUT2D eigenvalue weighted by Crippen LogP contribution is 2.10. The predicted octanol–water partition coefficient (Wildman–Crippen LogP) is 0.595. The molecular formula is C10H20N4O2S. The standard InChI is InChI=1S/C10H20N4O2S/c1-9(2)17(15,16)12-10-7-11-14(8-10)6-5-13(3)4/h7-9,12H,5-6H2,1-4H3. The third-order valence-corrected chi connectivity index (χ3v) is 4.05. The molecule has 0 radical (unpaired) electrons. The van der Waals surface area contributed by atoms with Crippen LogP contribution in [0.1, 0.15) is 13.8 Å². The zero-order valence-corrected chi connectivity index (χ0v) is 11.5. The lowest BCUT2D eigenvalue weighted by Gasteiger charge is -2.09. The minimum absolute atomic E-state index is 0.451. The quantitative estimate of drug-likeness (QED) is 0.813. The van der Waals surface area contributed by atoms with Gasteiger partial charge in [-0.1, -0.05) is 0 Å². The van der Waals surface area contributed by atoms with Crippen molar-refractivity contribution in [3.8, 4) is 0 Å². The van der Waals surface area contributed by atoms with Gasteiger partial charge in [-0.3, -0.25) is 9.40 Å². The van der Waals surface area contributed by atoms with Crippen molar-refractivity contribution in [2.75, 3.05) is 25.4 Å². The molecule has 0 saturated heterocycles. The molecule has 0 aliphatic carbocycles. The Kier molecular flexibility index (Phi) is 4.53. The van der Waals surface area contributed by atoms with Gasteiger partial charge in [-0.05, 0) is 27.9 Å². The van der Waals surface area contributed by atoms with Crippen molar-refractivity contribution in [3.63, 3.8) is 0 Å². The fourth-order valence-corrected chi connectivity index (χ4v) is 1.79. The second kappa shape index (κ2) is 5.50. The zero-order valence-electron chi connectivity index (χ0n) is 10.7. The number of aromatic nitrogens is 2. The van der Waals surface area contributed by atoms with Crippen molar-refractivity contribution in [1.82, 2.24) is 14.7 Å². The zero-order chi connectivity index (χ0) is 13.1. The summed E-state index contributed by atoms with van der Waals surface area (Å²) in [5.41, 5.74) is 0.512. The number of hydrogen-bond acceptors (Lipinski definition) is 4. The van der Waals surface area contributed by atoms with E-state index in [0.717, 1.165) is 13.1 Å². The van der Waals surface area contributed by atoms with Crippen LogP contribution in [-0.4, -0.2) is 49.0 Å². The molecule has 1 heterocycles. The molecule has 0 saturated carbocycles. The second-order valence-corrected chi connectivity index (χ2v) is 6.73. The number of likely N-dealkylation sites (N-methyl/N-ethyl adjacent to an activating group) is 1. The monoisotopic (exact) mass is 260 g/mol. The molecule has 1 aromatic heterocycles. The van der Waals surface area contributed by atoms with Gasteiger partial charge in [0, 0.05) is 12.7 Å². The molecule has 17 heavy (non-hydrogen) atoms. The average molecular weight is 260 g/mol. The maximum Gasteiger partial charge on any atom is 0.235 e. The number of nitrogens with one attached hydrogen (secondary N) is 1. The number of hydrogen-bond donors (Lipinski definition) is 1. The Balaban J connectivity index is 2.63. The van der Waals surface area contributed by atoms with Gasteiger partial charge >= 0.3 is 0 Å². The SMILES string of the molecule is CC(C)S(=O)(=O)Nc1cnn(CCN(C)C)c1. The van der Waals surface area contributed by atoms with Gasteiger partial charge in [0.2, 0.25) is 10.0 Å². The summed E-state index contributed by atoms with van der Waals surface area (Å²) in [6, 6.07) is 0. The molecule has 1 rings (SSSR count). The Bertz CT molecular complexity index is 451. The van der Waals surface area contributed by atoms with Crippen LogP contribution in [0.25, 0.3) is 0 Å². The summed E-state index contributed by atoms with van der Waals surface area (Å²) in [5.74, 6) is 0. The van der Waals surface area contributed by atoms with E-state index in [1.165, 1.54) is 6.20 Å². The van der Waals surface area contributed by atoms with Gasteiger partial charge < -0.3 is 4.90 Å². The molecule has 0 fully saturated rings. The molecule has 6 nitrogen and oxygen atoms in total. The van der Waals surface area contributed by atoms with Crippen molar-refractivity contribution in [2.24, 2.45) is 0 Å². The number of nitrogens with zero attached hydrogens (tertiary/aromatic N) is 3. The van der Waals surface area contributed by atoms with Crippen molar-refractivity contribution in [1.29, 1.82) is 0 Å². The molecular weight excluding hydrogens is 240 g/mol. The fourth-order valence-electron chi connectivity index (χ4n) is 1.12. The van der Waals surface area contributed by atoms with Gasteiger partial charge in [-0.15, -0.1) is 0 Å². The molecule has 98 valence electrons. The summed E-state index contributed by atoms with van der Waals surface area (Å²) in [6.45, 7) is 4.87. The first-order chi connectivity index (χ1) is 7.81. The summed E-state index contributed by atoms with van der Waals surface area (Å²) in [6.07, 6.45) is 3.22. The van der Waals surface area contributed by atoms with Crippen LogP contribution in [0.2, 0.25) is 0 Å². The van der Waals surface area contributed by atoms with E-state index in [9.17, 15) is 8.42 Å². The lowest BCUT2D eigenvalue weighted by atomic mass is 10.5. The Hall–Kier alpha value is -1.08. The van der Waals surface area contributed by atoms with E-state index < -0.39 is 15.3 Å². The lowest BCUT2D eigenvalue weighted by Crippen LogP contribution is -2.22. The highest BCUT2D eigenvalue weighted by Gasteiger charge is 2.16. The van der Waals surface area contributed by atoms with Gasteiger partial charge in [0.15, 0.2) is 0 Å². The van der Waals surface area contributed by atoms with Crippen LogP contribution in [0.5, 0.6) is 0 Å². The second-order valence-electron chi connectivity index (χ2n) is 4.49. The summed E-state index contributed by atoms with van der Waals surface area (Å²) < 4.78 is 27.5.